The molecule has 0 amide bonds. The van der Waals surface area contributed by atoms with E-state index in [4.69, 9.17) is 5.11 Å². The fourth-order valence-electron chi connectivity index (χ4n) is 0.647. The zero-order chi connectivity index (χ0) is 9.83. The van der Waals surface area contributed by atoms with E-state index < -0.39 is 18.3 Å². The summed E-state index contributed by atoms with van der Waals surface area (Å²) in [5.41, 5.74) is -2.16. The molecule has 1 atom stereocenters. The standard InChI is InChI=1S/C7H14F3NO/c1-3-4-11-6(2,5-12)7(8,9)10/h11-12H,3-5H2,1-2H3. The molecular formula is C7H14F3NO. The van der Waals surface area contributed by atoms with Crippen LogP contribution >= 0.6 is 0 Å². The third kappa shape index (κ3) is 2.64. The molecule has 0 radical (unpaired) electrons. The fourth-order valence-corrected chi connectivity index (χ4v) is 0.647. The minimum Gasteiger partial charge on any atom is -0.394 e. The minimum absolute atomic E-state index is 0.247. The molecule has 0 heterocycles. The SMILES string of the molecule is CCCNC(C)(CO)C(F)(F)F. The highest BCUT2D eigenvalue weighted by atomic mass is 19.4. The normalized spacial score (nSPS) is 17.5. The first kappa shape index (κ1) is 11.7. The lowest BCUT2D eigenvalue weighted by molar-refractivity contribution is -0.201. The van der Waals surface area contributed by atoms with Crippen molar-refractivity contribution < 1.29 is 18.3 Å². The number of rotatable bonds is 4. The molecule has 0 saturated heterocycles. The molecule has 0 spiro atoms. The summed E-state index contributed by atoms with van der Waals surface area (Å²) >= 11 is 0. The van der Waals surface area contributed by atoms with Crippen molar-refractivity contribution in [3.63, 3.8) is 0 Å². The summed E-state index contributed by atoms with van der Waals surface area (Å²) in [6.07, 6.45) is -3.80. The molecule has 0 aliphatic carbocycles. The molecule has 2 nitrogen and oxygen atoms in total. The molecule has 74 valence electrons. The molecule has 12 heavy (non-hydrogen) atoms. The van der Waals surface area contributed by atoms with Crippen LogP contribution < -0.4 is 5.32 Å². The molecule has 2 N–H and O–H groups in total. The summed E-state index contributed by atoms with van der Waals surface area (Å²) in [4.78, 5) is 0. The second kappa shape index (κ2) is 4.09. The third-order valence-corrected chi connectivity index (χ3v) is 1.71. The van der Waals surface area contributed by atoms with E-state index >= 15 is 0 Å². The van der Waals surface area contributed by atoms with Gasteiger partial charge in [-0.15, -0.1) is 0 Å². The molecule has 0 aromatic heterocycles. The van der Waals surface area contributed by atoms with E-state index in [1.807, 2.05) is 0 Å². The van der Waals surface area contributed by atoms with Gasteiger partial charge >= 0.3 is 6.18 Å². The van der Waals surface area contributed by atoms with Crippen LogP contribution in [0.1, 0.15) is 20.3 Å². The molecule has 0 aromatic rings. The van der Waals surface area contributed by atoms with Crippen LogP contribution in [0, 0.1) is 0 Å². The van der Waals surface area contributed by atoms with Gasteiger partial charge in [-0.25, -0.2) is 0 Å². The van der Waals surface area contributed by atoms with E-state index in [2.05, 4.69) is 5.32 Å². The van der Waals surface area contributed by atoms with Crippen LogP contribution in [0.4, 0.5) is 13.2 Å². The molecule has 0 saturated carbocycles. The van der Waals surface area contributed by atoms with E-state index in [-0.39, 0.29) is 6.54 Å². The van der Waals surface area contributed by atoms with Gasteiger partial charge in [0.05, 0.1) is 6.61 Å². The van der Waals surface area contributed by atoms with E-state index in [0.717, 1.165) is 6.92 Å². The minimum atomic E-state index is -4.41. The number of aliphatic hydroxyl groups is 1. The van der Waals surface area contributed by atoms with E-state index in [1.54, 1.807) is 6.92 Å². The number of hydrogen-bond acceptors (Lipinski definition) is 2. The maximum atomic E-state index is 12.2. The maximum Gasteiger partial charge on any atom is 0.408 e. The molecule has 0 rings (SSSR count). The zero-order valence-corrected chi connectivity index (χ0v) is 7.20. The van der Waals surface area contributed by atoms with Gasteiger partial charge in [-0.3, -0.25) is 0 Å². The first-order chi connectivity index (χ1) is 5.37. The van der Waals surface area contributed by atoms with Gasteiger partial charge in [-0.05, 0) is 19.9 Å². The van der Waals surface area contributed by atoms with Crippen molar-refractivity contribution in [3.05, 3.63) is 0 Å². The Morgan fingerprint density at radius 1 is 1.33 bits per heavy atom. The summed E-state index contributed by atoms with van der Waals surface area (Å²) < 4.78 is 36.6. The van der Waals surface area contributed by atoms with Crippen molar-refractivity contribution in [3.8, 4) is 0 Å². The fraction of sp³-hybridized carbons (Fsp3) is 1.00. The first-order valence-electron chi connectivity index (χ1n) is 3.80. The van der Waals surface area contributed by atoms with E-state index in [9.17, 15) is 13.2 Å². The van der Waals surface area contributed by atoms with Gasteiger partial charge in [-0.1, -0.05) is 6.92 Å². The Morgan fingerprint density at radius 2 is 1.83 bits per heavy atom. The van der Waals surface area contributed by atoms with Gasteiger partial charge in [0.25, 0.3) is 0 Å². The van der Waals surface area contributed by atoms with Crippen molar-refractivity contribution in [1.82, 2.24) is 5.32 Å². The molecule has 0 fully saturated rings. The lowest BCUT2D eigenvalue weighted by Crippen LogP contribution is -2.57. The molecule has 0 aromatic carbocycles. The van der Waals surface area contributed by atoms with Crippen LogP contribution in [0.3, 0.4) is 0 Å². The van der Waals surface area contributed by atoms with Gasteiger partial charge in [0.1, 0.15) is 5.54 Å². The van der Waals surface area contributed by atoms with E-state index in [0.29, 0.717) is 6.42 Å². The van der Waals surface area contributed by atoms with Crippen LogP contribution in [-0.4, -0.2) is 30.0 Å². The first-order valence-corrected chi connectivity index (χ1v) is 3.80. The van der Waals surface area contributed by atoms with Crippen LogP contribution in [0.15, 0.2) is 0 Å². The molecule has 0 aliphatic heterocycles. The Bertz CT molecular complexity index is 137. The Morgan fingerprint density at radius 3 is 2.08 bits per heavy atom. The summed E-state index contributed by atoms with van der Waals surface area (Å²) in [5.74, 6) is 0. The van der Waals surface area contributed by atoms with Crippen LogP contribution in [0.5, 0.6) is 0 Å². The highest BCUT2D eigenvalue weighted by molar-refractivity contribution is 4.89. The largest absolute Gasteiger partial charge is 0.408 e. The number of hydrogen-bond donors (Lipinski definition) is 2. The quantitative estimate of drug-likeness (QED) is 0.692. The third-order valence-electron chi connectivity index (χ3n) is 1.71. The molecular weight excluding hydrogens is 171 g/mol. The smallest absolute Gasteiger partial charge is 0.394 e. The number of aliphatic hydroxyl groups excluding tert-OH is 1. The average molecular weight is 185 g/mol. The van der Waals surface area contributed by atoms with Crippen molar-refractivity contribution in [2.24, 2.45) is 0 Å². The molecule has 5 heteroatoms. The monoisotopic (exact) mass is 185 g/mol. The second-order valence-corrected chi connectivity index (χ2v) is 2.91. The summed E-state index contributed by atoms with van der Waals surface area (Å²) in [6.45, 7) is 2.02. The van der Waals surface area contributed by atoms with Crippen molar-refractivity contribution in [2.75, 3.05) is 13.2 Å². The van der Waals surface area contributed by atoms with Gasteiger partial charge < -0.3 is 10.4 Å². The van der Waals surface area contributed by atoms with Crippen molar-refractivity contribution >= 4 is 0 Å². The molecule has 1 unspecified atom stereocenters. The van der Waals surface area contributed by atoms with Gasteiger partial charge in [0.15, 0.2) is 0 Å². The molecule has 0 bridgehead atoms. The Balaban J connectivity index is 4.24. The lowest BCUT2D eigenvalue weighted by Gasteiger charge is -2.30. The average Bonchev–Trinajstić information content (AvgIpc) is 1.98. The van der Waals surface area contributed by atoms with Crippen LogP contribution in [0.2, 0.25) is 0 Å². The van der Waals surface area contributed by atoms with Gasteiger partial charge in [-0.2, -0.15) is 13.2 Å². The molecule has 0 aliphatic rings. The van der Waals surface area contributed by atoms with Crippen LogP contribution in [0.25, 0.3) is 0 Å². The summed E-state index contributed by atoms with van der Waals surface area (Å²) in [7, 11) is 0. The van der Waals surface area contributed by atoms with Crippen molar-refractivity contribution in [1.29, 1.82) is 0 Å². The summed E-state index contributed by atoms with van der Waals surface area (Å²) in [6, 6.07) is 0. The van der Waals surface area contributed by atoms with Crippen LogP contribution in [-0.2, 0) is 0 Å². The Labute approximate surface area is 69.8 Å². The second-order valence-electron chi connectivity index (χ2n) is 2.91. The van der Waals surface area contributed by atoms with Crippen molar-refractivity contribution in [2.45, 2.75) is 32.0 Å². The zero-order valence-electron chi connectivity index (χ0n) is 7.20. The van der Waals surface area contributed by atoms with E-state index in [1.165, 1.54) is 0 Å². The highest BCUT2D eigenvalue weighted by Crippen LogP contribution is 2.29. The Hall–Kier alpha value is -0.290. The number of nitrogens with one attached hydrogen (secondary N) is 1. The predicted molar refractivity (Wildman–Crippen MR) is 39.8 cm³/mol. The maximum absolute atomic E-state index is 12.2. The lowest BCUT2D eigenvalue weighted by atomic mass is 10.0. The topological polar surface area (TPSA) is 32.3 Å². The predicted octanol–water partition coefficient (Wildman–Crippen LogP) is 1.30. The Kier molecular flexibility index (Phi) is 3.99. The number of alkyl halides is 3. The summed E-state index contributed by atoms with van der Waals surface area (Å²) in [5, 5.41) is 10.8. The number of halogens is 3. The van der Waals surface area contributed by atoms with Gasteiger partial charge in [0, 0.05) is 0 Å². The highest BCUT2D eigenvalue weighted by Gasteiger charge is 2.50. The van der Waals surface area contributed by atoms with Gasteiger partial charge in [0.2, 0.25) is 0 Å².